The molecule has 15 heteroatoms. The molecule has 0 unspecified atom stereocenters. The monoisotopic (exact) mass is 559 g/mol. The lowest BCUT2D eigenvalue weighted by Gasteiger charge is -2.25. The Kier molecular flexibility index (Phi) is 9.21. The maximum absolute atomic E-state index is 11.6. The summed E-state index contributed by atoms with van der Waals surface area (Å²) in [5.74, 6) is -6.64. The summed E-state index contributed by atoms with van der Waals surface area (Å²) >= 11 is 12.0. The summed E-state index contributed by atoms with van der Waals surface area (Å²) in [6.45, 7) is 2.02. The zero-order valence-electron chi connectivity index (χ0n) is 19.5. The van der Waals surface area contributed by atoms with Gasteiger partial charge in [0, 0.05) is 48.8 Å². The number of aliphatic hydroxyl groups excluding tert-OH is 2. The van der Waals surface area contributed by atoms with E-state index in [1.54, 1.807) is 0 Å². The highest BCUT2D eigenvalue weighted by Gasteiger charge is 2.41. The van der Waals surface area contributed by atoms with Crippen molar-refractivity contribution < 1.29 is 48.7 Å². The van der Waals surface area contributed by atoms with E-state index in [4.69, 9.17) is 23.2 Å². The SMILES string of the molecule is CN1CCc2cc(Cl)cc(Cl)c2C1.O=C(ON1C(=O)CCC1=O)[C@H](O)[C@@H](O)C(=O)ON1C(=O)CCC1=O. The Hall–Kier alpha value is -3.10. The van der Waals surface area contributed by atoms with E-state index in [9.17, 15) is 39.0 Å². The third-order valence-corrected chi connectivity index (χ3v) is 6.16. The van der Waals surface area contributed by atoms with Gasteiger partial charge in [0.2, 0.25) is 0 Å². The van der Waals surface area contributed by atoms with Crippen LogP contribution in [0.15, 0.2) is 12.1 Å². The first-order valence-corrected chi connectivity index (χ1v) is 11.8. The molecular weight excluding hydrogens is 537 g/mol. The van der Waals surface area contributed by atoms with Gasteiger partial charge in [0.1, 0.15) is 0 Å². The van der Waals surface area contributed by atoms with E-state index in [2.05, 4.69) is 21.6 Å². The summed E-state index contributed by atoms with van der Waals surface area (Å²) < 4.78 is 0. The summed E-state index contributed by atoms with van der Waals surface area (Å²) in [5.41, 5.74) is 2.54. The van der Waals surface area contributed by atoms with Crippen LogP contribution in [0.2, 0.25) is 10.0 Å². The number of rotatable bonds is 5. The third-order valence-electron chi connectivity index (χ3n) is 5.60. The highest BCUT2D eigenvalue weighted by Crippen LogP contribution is 2.29. The van der Waals surface area contributed by atoms with Gasteiger partial charge in [-0.1, -0.05) is 23.2 Å². The zero-order chi connectivity index (χ0) is 27.4. The van der Waals surface area contributed by atoms with E-state index in [-0.39, 0.29) is 35.8 Å². The summed E-state index contributed by atoms with van der Waals surface area (Å²) in [5, 5.41) is 20.8. The number of benzene rings is 1. The molecule has 0 radical (unpaired) electrons. The molecule has 0 bridgehead atoms. The van der Waals surface area contributed by atoms with E-state index in [1.807, 2.05) is 12.1 Å². The molecule has 4 rings (SSSR count). The van der Waals surface area contributed by atoms with E-state index in [0.29, 0.717) is 0 Å². The molecule has 0 saturated carbocycles. The molecule has 2 saturated heterocycles. The van der Waals surface area contributed by atoms with Gasteiger partial charge in [-0.05, 0) is 36.7 Å². The molecule has 13 nitrogen and oxygen atoms in total. The van der Waals surface area contributed by atoms with Crippen LogP contribution in [0.4, 0.5) is 0 Å². The van der Waals surface area contributed by atoms with Gasteiger partial charge in [-0.3, -0.25) is 19.2 Å². The van der Waals surface area contributed by atoms with Crippen LogP contribution >= 0.6 is 23.2 Å². The number of hydrogen-bond acceptors (Lipinski definition) is 11. The maximum atomic E-state index is 11.6. The molecule has 3 aliphatic heterocycles. The number of nitrogens with zero attached hydrogens (tertiary/aromatic N) is 3. The van der Waals surface area contributed by atoms with Gasteiger partial charge in [0.05, 0.1) is 0 Å². The lowest BCUT2D eigenvalue weighted by molar-refractivity contribution is -0.216. The molecule has 37 heavy (non-hydrogen) atoms. The minimum absolute atomic E-state index is 0.108. The van der Waals surface area contributed by atoms with Crippen LogP contribution in [0.3, 0.4) is 0 Å². The Morgan fingerprint density at radius 2 is 1.24 bits per heavy atom. The normalized spacial score (nSPS) is 19.3. The first-order chi connectivity index (χ1) is 17.4. The standard InChI is InChI=1S/C12H12N2O10.C10H11Cl2N/c15-5-1-2-6(16)13(5)23-11(21)9(19)10(20)12(22)24-14-7(17)3-4-8(14)18;1-13-3-2-7-4-8(11)5-10(12)9(7)6-13/h9-10,19-20H,1-4H2;4-5H,2-3,6H2,1H3/t9-,10-;/m1./s1. The quantitative estimate of drug-likeness (QED) is 0.461. The van der Waals surface area contributed by atoms with Gasteiger partial charge >= 0.3 is 11.9 Å². The number of amides is 4. The smallest absolute Gasteiger partial charge is 0.364 e. The predicted molar refractivity (Wildman–Crippen MR) is 123 cm³/mol. The van der Waals surface area contributed by atoms with Gasteiger partial charge in [0.15, 0.2) is 12.2 Å². The van der Waals surface area contributed by atoms with E-state index in [1.165, 1.54) is 11.1 Å². The molecule has 1 aromatic carbocycles. The second-order valence-electron chi connectivity index (χ2n) is 8.39. The van der Waals surface area contributed by atoms with Gasteiger partial charge in [0.25, 0.3) is 23.6 Å². The van der Waals surface area contributed by atoms with Crippen molar-refractivity contribution in [1.29, 1.82) is 0 Å². The molecule has 3 heterocycles. The number of hydrogen-bond donors (Lipinski definition) is 2. The van der Waals surface area contributed by atoms with Crippen molar-refractivity contribution in [1.82, 2.24) is 15.0 Å². The second kappa shape index (κ2) is 12.0. The molecule has 3 aliphatic rings. The molecule has 200 valence electrons. The van der Waals surface area contributed by atoms with Gasteiger partial charge in [-0.25, -0.2) is 9.59 Å². The average molecular weight is 560 g/mol. The first kappa shape index (κ1) is 28.5. The number of carbonyl (C=O) groups excluding carboxylic acids is 6. The highest BCUT2D eigenvalue weighted by atomic mass is 35.5. The molecular formula is C22H23Cl2N3O10. The Morgan fingerprint density at radius 3 is 1.68 bits per heavy atom. The van der Waals surface area contributed by atoms with Crippen molar-refractivity contribution in [2.24, 2.45) is 0 Å². The van der Waals surface area contributed by atoms with Crippen LogP contribution in [0, 0.1) is 0 Å². The molecule has 4 amide bonds. The van der Waals surface area contributed by atoms with Crippen molar-refractivity contribution in [2.75, 3.05) is 13.6 Å². The van der Waals surface area contributed by atoms with Crippen LogP contribution in [-0.4, -0.2) is 86.6 Å². The van der Waals surface area contributed by atoms with Crippen molar-refractivity contribution in [3.05, 3.63) is 33.3 Å². The number of fused-ring (bicyclic) bond motifs is 1. The number of hydroxylamine groups is 4. The fourth-order valence-corrected chi connectivity index (χ4v) is 4.17. The van der Waals surface area contributed by atoms with Crippen molar-refractivity contribution >= 4 is 58.8 Å². The van der Waals surface area contributed by atoms with Crippen LogP contribution in [0.5, 0.6) is 0 Å². The van der Waals surface area contributed by atoms with E-state index >= 15 is 0 Å². The number of aliphatic hydroxyl groups is 2. The fraction of sp³-hybridized carbons (Fsp3) is 0.455. The maximum Gasteiger partial charge on any atom is 0.364 e. The number of halogens is 2. The average Bonchev–Trinajstić information content (AvgIpc) is 3.34. The third kappa shape index (κ3) is 6.81. The Morgan fingerprint density at radius 1 is 0.811 bits per heavy atom. The minimum atomic E-state index is -2.51. The lowest BCUT2D eigenvalue weighted by atomic mass is 10.0. The summed E-state index contributed by atoms with van der Waals surface area (Å²) in [6, 6.07) is 3.84. The fourth-order valence-electron chi connectivity index (χ4n) is 3.58. The molecule has 2 N–H and O–H groups in total. The zero-order valence-corrected chi connectivity index (χ0v) is 21.0. The van der Waals surface area contributed by atoms with Crippen LogP contribution in [-0.2, 0) is 51.4 Å². The molecule has 0 aromatic heterocycles. The number of likely N-dealkylation sites (N-methyl/N-ethyl adjacent to an activating group) is 1. The minimum Gasteiger partial charge on any atom is -0.379 e. The van der Waals surface area contributed by atoms with Crippen molar-refractivity contribution in [3.63, 3.8) is 0 Å². The second-order valence-corrected chi connectivity index (χ2v) is 9.23. The van der Waals surface area contributed by atoms with E-state index in [0.717, 1.165) is 29.6 Å². The van der Waals surface area contributed by atoms with Crippen molar-refractivity contribution in [3.8, 4) is 0 Å². The molecule has 1 aromatic rings. The summed E-state index contributed by atoms with van der Waals surface area (Å²) in [6.07, 6.45) is -4.72. The Balaban J connectivity index is 0.000000244. The molecule has 0 spiro atoms. The summed E-state index contributed by atoms with van der Waals surface area (Å²) in [7, 11) is 2.11. The molecule has 0 aliphatic carbocycles. The van der Waals surface area contributed by atoms with Crippen LogP contribution in [0.1, 0.15) is 36.8 Å². The van der Waals surface area contributed by atoms with Gasteiger partial charge in [-0.2, -0.15) is 0 Å². The van der Waals surface area contributed by atoms with Crippen LogP contribution in [0.25, 0.3) is 0 Å². The molecule has 2 fully saturated rings. The molecule has 2 atom stereocenters. The van der Waals surface area contributed by atoms with Gasteiger partial charge in [-0.15, -0.1) is 10.1 Å². The summed E-state index contributed by atoms with van der Waals surface area (Å²) in [4.78, 5) is 79.1. The topological polar surface area (TPSA) is 171 Å². The number of carbonyl (C=O) groups is 6. The van der Waals surface area contributed by atoms with E-state index < -0.39 is 47.8 Å². The van der Waals surface area contributed by atoms with Crippen LogP contribution < -0.4 is 0 Å². The van der Waals surface area contributed by atoms with Gasteiger partial charge < -0.3 is 24.8 Å². The Bertz CT molecular complexity index is 1060. The predicted octanol–water partition coefficient (Wildman–Crippen LogP) is -0.0961. The number of imide groups is 2. The Labute approximate surface area is 220 Å². The largest absolute Gasteiger partial charge is 0.379 e. The van der Waals surface area contributed by atoms with Crippen molar-refractivity contribution in [2.45, 2.75) is 50.9 Å². The lowest BCUT2D eigenvalue weighted by Crippen LogP contribution is -2.47. The highest BCUT2D eigenvalue weighted by molar-refractivity contribution is 6.35. The first-order valence-electron chi connectivity index (χ1n) is 11.1.